The smallest absolute Gasteiger partial charge is 0.241 e. The van der Waals surface area contributed by atoms with Crippen LogP contribution in [0.3, 0.4) is 0 Å². The molecule has 0 aliphatic heterocycles. The van der Waals surface area contributed by atoms with Crippen LogP contribution in [-0.4, -0.2) is 30.4 Å². The van der Waals surface area contributed by atoms with E-state index in [0.29, 0.717) is 16.2 Å². The molecule has 1 amide bonds. The van der Waals surface area contributed by atoms with Crippen LogP contribution in [0.2, 0.25) is 0 Å². The Bertz CT molecular complexity index is 475. The lowest BCUT2D eigenvalue weighted by atomic mass is 9.94. The summed E-state index contributed by atoms with van der Waals surface area (Å²) in [6.45, 7) is 0.131. The van der Waals surface area contributed by atoms with E-state index >= 15 is 0 Å². The number of likely N-dealkylation sites (N-methyl/N-ethyl adjacent to an activating group) is 1. The normalized spacial score (nSPS) is 15.9. The lowest BCUT2D eigenvalue weighted by molar-refractivity contribution is -0.130. The summed E-state index contributed by atoms with van der Waals surface area (Å²) >= 11 is 3.21. The van der Waals surface area contributed by atoms with Gasteiger partial charge in [-0.2, -0.15) is 0 Å². The molecule has 1 aliphatic rings. The van der Waals surface area contributed by atoms with Crippen LogP contribution >= 0.6 is 15.9 Å². The van der Waals surface area contributed by atoms with E-state index in [1.165, 1.54) is 25.3 Å². The highest BCUT2D eigenvalue weighted by molar-refractivity contribution is 9.10. The Kier molecular flexibility index (Phi) is 5.40. The van der Waals surface area contributed by atoms with E-state index in [4.69, 9.17) is 0 Å². The van der Waals surface area contributed by atoms with Gasteiger partial charge < -0.3 is 10.2 Å². The highest BCUT2D eigenvalue weighted by Gasteiger charge is 2.21. The molecule has 1 aliphatic carbocycles. The van der Waals surface area contributed by atoms with Crippen LogP contribution in [-0.2, 0) is 4.79 Å². The van der Waals surface area contributed by atoms with Crippen molar-refractivity contribution in [2.45, 2.75) is 38.1 Å². The molecule has 0 aromatic heterocycles. The first-order valence-corrected chi connectivity index (χ1v) is 7.82. The van der Waals surface area contributed by atoms with Crippen LogP contribution in [0, 0.1) is 5.82 Å². The molecule has 0 spiro atoms. The lowest BCUT2D eigenvalue weighted by Crippen LogP contribution is -2.41. The van der Waals surface area contributed by atoms with Crippen LogP contribution in [0.1, 0.15) is 32.1 Å². The predicted molar refractivity (Wildman–Crippen MR) is 82.2 cm³/mol. The molecular weight excluding hydrogens is 323 g/mol. The molecule has 1 saturated carbocycles. The molecule has 5 heteroatoms. The van der Waals surface area contributed by atoms with E-state index in [9.17, 15) is 9.18 Å². The van der Waals surface area contributed by atoms with Crippen LogP contribution < -0.4 is 5.32 Å². The van der Waals surface area contributed by atoms with Gasteiger partial charge in [-0.05, 0) is 31.0 Å². The molecule has 0 atom stereocenters. The van der Waals surface area contributed by atoms with Crippen molar-refractivity contribution in [2.24, 2.45) is 0 Å². The molecule has 1 N–H and O–H groups in total. The number of carbonyl (C=O) groups excluding carboxylic acids is 1. The average Bonchev–Trinajstić information content (AvgIpc) is 2.46. The average molecular weight is 343 g/mol. The first-order valence-electron chi connectivity index (χ1n) is 7.02. The van der Waals surface area contributed by atoms with Crippen molar-refractivity contribution in [1.82, 2.24) is 4.90 Å². The summed E-state index contributed by atoms with van der Waals surface area (Å²) in [5.74, 6) is -0.341. The van der Waals surface area contributed by atoms with Crippen molar-refractivity contribution in [3.05, 3.63) is 28.5 Å². The molecule has 0 heterocycles. The SMILES string of the molecule is CN(C(=O)CNc1ccc(Br)cc1F)C1CCCCC1. The number of benzene rings is 1. The number of carbonyl (C=O) groups is 1. The summed E-state index contributed by atoms with van der Waals surface area (Å²) in [5, 5.41) is 2.87. The maximum Gasteiger partial charge on any atom is 0.241 e. The number of anilines is 1. The predicted octanol–water partition coefficient (Wildman–Crippen LogP) is 3.79. The van der Waals surface area contributed by atoms with E-state index in [-0.39, 0.29) is 18.3 Å². The maximum absolute atomic E-state index is 13.6. The molecule has 3 nitrogen and oxygen atoms in total. The highest BCUT2D eigenvalue weighted by Crippen LogP contribution is 2.22. The third kappa shape index (κ3) is 3.95. The van der Waals surface area contributed by atoms with Gasteiger partial charge in [0.2, 0.25) is 5.91 Å². The second-order valence-electron chi connectivity index (χ2n) is 5.27. The zero-order valence-corrected chi connectivity index (χ0v) is 13.2. The third-order valence-corrected chi connectivity index (χ3v) is 4.37. The standard InChI is InChI=1S/C15H20BrFN2O/c1-19(12-5-3-2-4-6-12)15(20)10-18-14-8-7-11(16)9-13(14)17/h7-9,12,18H,2-6,10H2,1H3. The number of halogens is 2. The Labute approximate surface area is 127 Å². The fourth-order valence-electron chi connectivity index (χ4n) is 2.60. The largest absolute Gasteiger partial charge is 0.374 e. The Morgan fingerprint density at radius 1 is 1.40 bits per heavy atom. The summed E-state index contributed by atoms with van der Waals surface area (Å²) in [6.07, 6.45) is 5.80. The molecule has 20 heavy (non-hydrogen) atoms. The summed E-state index contributed by atoms with van der Waals surface area (Å²) in [4.78, 5) is 13.9. The van der Waals surface area contributed by atoms with Crippen molar-refractivity contribution in [3.8, 4) is 0 Å². The quantitative estimate of drug-likeness (QED) is 0.902. The number of rotatable bonds is 4. The molecule has 0 saturated heterocycles. The van der Waals surface area contributed by atoms with Crippen LogP contribution in [0.5, 0.6) is 0 Å². The second kappa shape index (κ2) is 7.07. The summed E-state index contributed by atoms with van der Waals surface area (Å²) in [7, 11) is 1.85. The second-order valence-corrected chi connectivity index (χ2v) is 6.19. The van der Waals surface area contributed by atoms with Crippen molar-refractivity contribution in [1.29, 1.82) is 0 Å². The number of nitrogens with zero attached hydrogens (tertiary/aromatic N) is 1. The van der Waals surface area contributed by atoms with E-state index in [2.05, 4.69) is 21.2 Å². The third-order valence-electron chi connectivity index (χ3n) is 3.88. The van der Waals surface area contributed by atoms with Gasteiger partial charge in [-0.3, -0.25) is 4.79 Å². The molecule has 0 unspecified atom stereocenters. The lowest BCUT2D eigenvalue weighted by Gasteiger charge is -2.31. The summed E-state index contributed by atoms with van der Waals surface area (Å²) < 4.78 is 14.3. The Morgan fingerprint density at radius 2 is 2.10 bits per heavy atom. The minimum absolute atomic E-state index is 0.0132. The Balaban J connectivity index is 1.87. The van der Waals surface area contributed by atoms with Crippen molar-refractivity contribution < 1.29 is 9.18 Å². The van der Waals surface area contributed by atoms with E-state index < -0.39 is 0 Å². The molecular formula is C15H20BrFN2O. The first-order chi connectivity index (χ1) is 9.58. The van der Waals surface area contributed by atoms with Gasteiger partial charge in [-0.25, -0.2) is 4.39 Å². The van der Waals surface area contributed by atoms with Gasteiger partial charge in [0, 0.05) is 17.6 Å². The highest BCUT2D eigenvalue weighted by atomic mass is 79.9. The Morgan fingerprint density at radius 3 is 2.75 bits per heavy atom. The van der Waals surface area contributed by atoms with Crippen LogP contribution in [0.4, 0.5) is 10.1 Å². The summed E-state index contributed by atoms with van der Waals surface area (Å²) in [6, 6.07) is 5.11. The minimum Gasteiger partial charge on any atom is -0.374 e. The molecule has 2 rings (SSSR count). The van der Waals surface area contributed by atoms with Gasteiger partial charge >= 0.3 is 0 Å². The van der Waals surface area contributed by atoms with Gasteiger partial charge in [0.1, 0.15) is 5.82 Å². The molecule has 110 valence electrons. The van der Waals surface area contributed by atoms with E-state index in [1.54, 1.807) is 12.1 Å². The molecule has 0 radical (unpaired) electrons. The first kappa shape index (κ1) is 15.3. The number of hydrogen-bond donors (Lipinski definition) is 1. The molecule has 1 aromatic rings. The zero-order valence-electron chi connectivity index (χ0n) is 11.7. The molecule has 1 fully saturated rings. The van der Waals surface area contributed by atoms with E-state index in [1.807, 2.05) is 11.9 Å². The zero-order chi connectivity index (χ0) is 14.5. The van der Waals surface area contributed by atoms with Crippen molar-refractivity contribution in [3.63, 3.8) is 0 Å². The number of hydrogen-bond acceptors (Lipinski definition) is 2. The fraction of sp³-hybridized carbons (Fsp3) is 0.533. The van der Waals surface area contributed by atoms with E-state index in [0.717, 1.165) is 12.8 Å². The van der Waals surface area contributed by atoms with Gasteiger partial charge in [-0.1, -0.05) is 35.2 Å². The Hall–Kier alpha value is -1.10. The topological polar surface area (TPSA) is 32.3 Å². The van der Waals surface area contributed by atoms with Crippen LogP contribution in [0.25, 0.3) is 0 Å². The van der Waals surface area contributed by atoms with Crippen molar-refractivity contribution in [2.75, 3.05) is 18.9 Å². The van der Waals surface area contributed by atoms with Crippen LogP contribution in [0.15, 0.2) is 22.7 Å². The summed E-state index contributed by atoms with van der Waals surface area (Å²) in [5.41, 5.74) is 0.360. The molecule has 1 aromatic carbocycles. The minimum atomic E-state index is -0.354. The van der Waals surface area contributed by atoms with Crippen molar-refractivity contribution >= 4 is 27.5 Å². The number of nitrogens with one attached hydrogen (secondary N) is 1. The monoisotopic (exact) mass is 342 g/mol. The maximum atomic E-state index is 13.6. The van der Waals surface area contributed by atoms with Gasteiger partial charge in [-0.15, -0.1) is 0 Å². The van der Waals surface area contributed by atoms with Gasteiger partial charge in [0.25, 0.3) is 0 Å². The van der Waals surface area contributed by atoms with Gasteiger partial charge in [0.05, 0.1) is 12.2 Å². The molecule has 0 bridgehead atoms. The fourth-order valence-corrected chi connectivity index (χ4v) is 2.93. The van der Waals surface area contributed by atoms with Gasteiger partial charge in [0.15, 0.2) is 0 Å². The number of amides is 1.